The first-order valence-electron chi connectivity index (χ1n) is 14.6. The lowest BCUT2D eigenvalue weighted by atomic mass is 9.97. The number of aryl methyl sites for hydroxylation is 2. The van der Waals surface area contributed by atoms with Crippen LogP contribution in [0.1, 0.15) is 45.2 Å². The molecule has 0 fully saturated rings. The molecule has 0 N–H and O–H groups in total. The number of carbonyl (C=O) groups excluding carboxylic acids is 1. The number of imidazole rings is 1. The number of amides is 1. The standard InChI is InChI=1S/C35H31BrN6O2/c1-22-15-26(11-14-30(22)36)34(43)40-20-32-29(16-23(40)2)35(44)41(28-12-9-25(10-13-28)31-19-37-21-39(31)3)33-27(18-38-42(32)33)17-24-7-5-4-6-8-24/h4-15,18-19,21,23H,16-17,20H2,1-3H3/t23-/m0/s1. The molecular formula is C35H31BrN6O2. The van der Waals surface area contributed by atoms with Gasteiger partial charge in [0.05, 0.1) is 42.3 Å². The number of rotatable bonds is 5. The molecule has 1 aliphatic rings. The van der Waals surface area contributed by atoms with E-state index in [0.717, 1.165) is 43.8 Å². The third-order valence-corrected chi connectivity index (χ3v) is 9.48. The lowest BCUT2D eigenvalue weighted by Gasteiger charge is -2.35. The molecule has 220 valence electrons. The topological polar surface area (TPSA) is 77.4 Å². The van der Waals surface area contributed by atoms with Crippen LogP contribution in [0.2, 0.25) is 0 Å². The normalized spacial score (nSPS) is 14.6. The molecule has 0 spiro atoms. The third kappa shape index (κ3) is 4.77. The maximum Gasteiger partial charge on any atom is 0.261 e. The van der Waals surface area contributed by atoms with E-state index in [-0.39, 0.29) is 17.5 Å². The molecule has 0 saturated carbocycles. The van der Waals surface area contributed by atoms with Gasteiger partial charge in [0.25, 0.3) is 11.5 Å². The number of benzene rings is 3. The average molecular weight is 648 g/mol. The Morgan fingerprint density at radius 3 is 2.50 bits per heavy atom. The largest absolute Gasteiger partial charge is 0.334 e. The summed E-state index contributed by atoms with van der Waals surface area (Å²) in [6, 6.07) is 23.7. The smallest absolute Gasteiger partial charge is 0.261 e. The van der Waals surface area contributed by atoms with E-state index in [2.05, 4.69) is 33.0 Å². The van der Waals surface area contributed by atoms with Crippen LogP contribution < -0.4 is 5.56 Å². The van der Waals surface area contributed by atoms with E-state index in [1.807, 2.05) is 108 Å². The Morgan fingerprint density at radius 1 is 1.02 bits per heavy atom. The zero-order valence-electron chi connectivity index (χ0n) is 24.7. The quantitative estimate of drug-likeness (QED) is 0.226. The Kier molecular flexibility index (Phi) is 7.05. The highest BCUT2D eigenvalue weighted by Crippen LogP contribution is 2.29. The SMILES string of the molecule is Cc1cc(C(=O)N2Cc3c(c(=O)n(-c4ccc(-c5cncn5C)cc4)c4c(Cc5ccccc5)cnn34)C[C@@H]2C)ccc1Br. The van der Waals surface area contributed by atoms with Gasteiger partial charge in [-0.1, -0.05) is 58.4 Å². The Balaban J connectivity index is 1.37. The molecule has 6 aromatic rings. The molecule has 3 aromatic carbocycles. The van der Waals surface area contributed by atoms with Crippen LogP contribution in [0.4, 0.5) is 0 Å². The van der Waals surface area contributed by atoms with Crippen molar-refractivity contribution in [1.82, 2.24) is 28.6 Å². The zero-order valence-corrected chi connectivity index (χ0v) is 26.3. The monoisotopic (exact) mass is 646 g/mol. The molecule has 1 atom stereocenters. The van der Waals surface area contributed by atoms with Gasteiger partial charge in [0.15, 0.2) is 0 Å². The summed E-state index contributed by atoms with van der Waals surface area (Å²) < 4.78 is 6.60. The van der Waals surface area contributed by atoms with Crippen molar-refractivity contribution in [2.75, 3.05) is 0 Å². The van der Waals surface area contributed by atoms with E-state index in [1.54, 1.807) is 10.9 Å². The summed E-state index contributed by atoms with van der Waals surface area (Å²) in [6.45, 7) is 4.28. The fraction of sp³-hybridized carbons (Fsp3) is 0.200. The summed E-state index contributed by atoms with van der Waals surface area (Å²) in [5.74, 6) is -0.0569. The van der Waals surface area contributed by atoms with Crippen molar-refractivity contribution in [3.63, 3.8) is 0 Å². The summed E-state index contributed by atoms with van der Waals surface area (Å²) in [6.07, 6.45) is 6.51. The minimum atomic E-state index is -0.163. The molecule has 7 rings (SSSR count). The molecule has 4 heterocycles. The molecule has 1 aliphatic heterocycles. The van der Waals surface area contributed by atoms with Gasteiger partial charge in [0.2, 0.25) is 0 Å². The molecule has 0 aliphatic carbocycles. The van der Waals surface area contributed by atoms with Gasteiger partial charge in [0, 0.05) is 40.7 Å². The van der Waals surface area contributed by atoms with E-state index >= 15 is 0 Å². The average Bonchev–Trinajstić information content (AvgIpc) is 3.65. The Hall–Kier alpha value is -4.76. The maximum absolute atomic E-state index is 14.5. The Bertz CT molecular complexity index is 2090. The number of halogens is 1. The predicted molar refractivity (Wildman–Crippen MR) is 174 cm³/mol. The lowest BCUT2D eigenvalue weighted by Crippen LogP contribution is -2.46. The number of hydrogen-bond donors (Lipinski definition) is 0. The van der Waals surface area contributed by atoms with Crippen molar-refractivity contribution in [1.29, 1.82) is 0 Å². The second kappa shape index (κ2) is 11.1. The van der Waals surface area contributed by atoms with Gasteiger partial charge in [-0.15, -0.1) is 0 Å². The summed E-state index contributed by atoms with van der Waals surface area (Å²) in [7, 11) is 1.96. The Labute approximate surface area is 263 Å². The van der Waals surface area contributed by atoms with Crippen molar-refractivity contribution in [3.05, 3.63) is 140 Å². The fourth-order valence-corrected chi connectivity index (χ4v) is 6.44. The highest BCUT2D eigenvalue weighted by Gasteiger charge is 2.33. The fourth-order valence-electron chi connectivity index (χ4n) is 6.20. The van der Waals surface area contributed by atoms with Crippen LogP contribution in [0, 0.1) is 6.92 Å². The molecule has 44 heavy (non-hydrogen) atoms. The van der Waals surface area contributed by atoms with Crippen LogP contribution in [0.25, 0.3) is 22.6 Å². The lowest BCUT2D eigenvalue weighted by molar-refractivity contribution is 0.0651. The van der Waals surface area contributed by atoms with Crippen molar-refractivity contribution in [2.24, 2.45) is 7.05 Å². The van der Waals surface area contributed by atoms with E-state index in [1.165, 1.54) is 0 Å². The third-order valence-electron chi connectivity index (χ3n) is 8.59. The molecule has 8 nitrogen and oxygen atoms in total. The molecule has 0 radical (unpaired) electrons. The first-order chi connectivity index (χ1) is 21.3. The van der Waals surface area contributed by atoms with Crippen LogP contribution in [-0.4, -0.2) is 40.6 Å². The second-order valence-electron chi connectivity index (χ2n) is 11.5. The predicted octanol–water partition coefficient (Wildman–Crippen LogP) is 6.13. The maximum atomic E-state index is 14.5. The molecule has 0 unspecified atom stereocenters. The Morgan fingerprint density at radius 2 is 1.80 bits per heavy atom. The first kappa shape index (κ1) is 28.0. The van der Waals surface area contributed by atoms with Crippen molar-refractivity contribution >= 4 is 27.5 Å². The van der Waals surface area contributed by atoms with Crippen LogP contribution in [0.15, 0.2) is 101 Å². The van der Waals surface area contributed by atoms with Gasteiger partial charge in [-0.25, -0.2) is 9.50 Å². The van der Waals surface area contributed by atoms with Gasteiger partial charge in [-0.3, -0.25) is 14.2 Å². The van der Waals surface area contributed by atoms with Gasteiger partial charge in [0.1, 0.15) is 5.65 Å². The molecular weight excluding hydrogens is 616 g/mol. The van der Waals surface area contributed by atoms with Crippen LogP contribution in [0.3, 0.4) is 0 Å². The van der Waals surface area contributed by atoms with Crippen molar-refractivity contribution in [3.8, 4) is 16.9 Å². The number of nitrogens with zero attached hydrogens (tertiary/aromatic N) is 6. The summed E-state index contributed by atoms with van der Waals surface area (Å²) in [4.78, 5) is 34.4. The van der Waals surface area contributed by atoms with Crippen molar-refractivity contribution < 1.29 is 4.79 Å². The van der Waals surface area contributed by atoms with Gasteiger partial charge >= 0.3 is 0 Å². The molecule has 9 heteroatoms. The molecule has 0 saturated heterocycles. The highest BCUT2D eigenvalue weighted by atomic mass is 79.9. The van der Waals surface area contributed by atoms with E-state index in [9.17, 15) is 9.59 Å². The number of hydrogen-bond acceptors (Lipinski definition) is 4. The summed E-state index contributed by atoms with van der Waals surface area (Å²) >= 11 is 3.53. The minimum Gasteiger partial charge on any atom is -0.334 e. The number of carbonyl (C=O) groups is 1. The van der Waals surface area contributed by atoms with E-state index in [0.29, 0.717) is 36.2 Å². The molecule has 0 bridgehead atoms. The van der Waals surface area contributed by atoms with E-state index < -0.39 is 0 Å². The summed E-state index contributed by atoms with van der Waals surface area (Å²) in [5, 5.41) is 4.84. The molecule has 3 aromatic heterocycles. The molecule has 1 amide bonds. The second-order valence-corrected chi connectivity index (χ2v) is 12.4. The number of aromatic nitrogens is 5. The zero-order chi connectivity index (χ0) is 30.5. The van der Waals surface area contributed by atoms with E-state index in [4.69, 9.17) is 5.10 Å². The van der Waals surface area contributed by atoms with Crippen LogP contribution in [-0.2, 0) is 26.4 Å². The number of fused-ring (bicyclic) bond motifs is 3. The summed E-state index contributed by atoms with van der Waals surface area (Å²) in [5.41, 5.74) is 8.55. The van der Waals surface area contributed by atoms with Crippen molar-refractivity contribution in [2.45, 2.75) is 39.3 Å². The van der Waals surface area contributed by atoms with Gasteiger partial charge < -0.3 is 9.47 Å². The highest BCUT2D eigenvalue weighted by molar-refractivity contribution is 9.10. The van der Waals surface area contributed by atoms with Gasteiger partial charge in [-0.05, 0) is 67.3 Å². The minimum absolute atomic E-state index is 0.0569. The van der Waals surface area contributed by atoms with Crippen LogP contribution in [0.5, 0.6) is 0 Å². The first-order valence-corrected chi connectivity index (χ1v) is 15.4. The van der Waals surface area contributed by atoms with Gasteiger partial charge in [-0.2, -0.15) is 5.10 Å². The van der Waals surface area contributed by atoms with Crippen LogP contribution >= 0.6 is 15.9 Å².